The minimum atomic E-state index is -0.661. The van der Waals surface area contributed by atoms with Gasteiger partial charge in [0.05, 0.1) is 6.04 Å². The van der Waals surface area contributed by atoms with Crippen molar-refractivity contribution in [1.82, 2.24) is 10.2 Å². The Hall–Kier alpha value is -3.46. The number of aliphatic hydroxyl groups excluding tert-OH is 1. The SMILES string of the molecule is CC(O)N1c2ccc(N3CCN(C(=O)OC(C)(C)C)[C@@H](C)C3)cc2C(NC(=O)OCc2ccccc2)[C@@H](C)C1C1CC1. The molecular weight excluding hydrogens is 532 g/mol. The normalized spacial score (nSPS) is 25.0. The summed E-state index contributed by atoms with van der Waals surface area (Å²) in [7, 11) is 0. The molecule has 3 aliphatic rings. The zero-order chi connectivity index (χ0) is 30.2. The molecule has 2 N–H and O–H groups in total. The lowest BCUT2D eigenvalue weighted by Gasteiger charge is -2.48. The van der Waals surface area contributed by atoms with E-state index in [1.165, 1.54) is 0 Å². The van der Waals surface area contributed by atoms with Crippen LogP contribution in [-0.4, -0.2) is 65.7 Å². The Morgan fingerprint density at radius 2 is 1.79 bits per heavy atom. The largest absolute Gasteiger partial charge is 0.445 e. The molecule has 2 amide bonds. The summed E-state index contributed by atoms with van der Waals surface area (Å²) in [5.41, 5.74) is 3.33. The summed E-state index contributed by atoms with van der Waals surface area (Å²) in [4.78, 5) is 32.1. The quantitative estimate of drug-likeness (QED) is 0.456. The van der Waals surface area contributed by atoms with Crippen molar-refractivity contribution in [2.24, 2.45) is 11.8 Å². The molecule has 2 aromatic carbocycles. The Morgan fingerprint density at radius 3 is 2.40 bits per heavy atom. The van der Waals surface area contributed by atoms with Gasteiger partial charge in [0.15, 0.2) is 0 Å². The van der Waals surface area contributed by atoms with Gasteiger partial charge in [-0.3, -0.25) is 0 Å². The molecule has 228 valence electrons. The van der Waals surface area contributed by atoms with Crippen LogP contribution in [0, 0.1) is 11.8 Å². The topological polar surface area (TPSA) is 94.6 Å². The molecule has 9 nitrogen and oxygen atoms in total. The molecule has 3 unspecified atom stereocenters. The lowest BCUT2D eigenvalue weighted by molar-refractivity contribution is 0.0159. The van der Waals surface area contributed by atoms with Gasteiger partial charge in [0.1, 0.15) is 18.4 Å². The first kappa shape index (κ1) is 30.0. The molecular formula is C33H46N4O5. The van der Waals surface area contributed by atoms with E-state index in [0.29, 0.717) is 25.6 Å². The van der Waals surface area contributed by atoms with Crippen LogP contribution in [0.4, 0.5) is 21.0 Å². The smallest absolute Gasteiger partial charge is 0.410 e. The summed E-state index contributed by atoms with van der Waals surface area (Å²) in [5.74, 6) is 0.538. The molecule has 42 heavy (non-hydrogen) atoms. The van der Waals surface area contributed by atoms with E-state index >= 15 is 0 Å². The van der Waals surface area contributed by atoms with E-state index in [1.54, 1.807) is 4.90 Å². The van der Waals surface area contributed by atoms with E-state index in [9.17, 15) is 14.7 Å². The van der Waals surface area contributed by atoms with Crippen LogP contribution in [0.2, 0.25) is 0 Å². The van der Waals surface area contributed by atoms with E-state index in [-0.39, 0.29) is 36.7 Å². The lowest BCUT2D eigenvalue weighted by Crippen LogP contribution is -2.55. The van der Waals surface area contributed by atoms with E-state index in [0.717, 1.165) is 35.3 Å². The Bertz CT molecular complexity index is 1260. The van der Waals surface area contributed by atoms with Gasteiger partial charge in [-0.05, 0) is 77.1 Å². The third-order valence-electron chi connectivity index (χ3n) is 8.62. The number of fused-ring (bicyclic) bond motifs is 1. The number of alkyl carbamates (subject to hydrolysis) is 1. The summed E-state index contributed by atoms with van der Waals surface area (Å²) in [6.45, 7) is 13.8. The number of ether oxygens (including phenoxy) is 2. The average Bonchev–Trinajstić information content (AvgIpc) is 3.77. The molecule has 2 heterocycles. The van der Waals surface area contributed by atoms with Crippen LogP contribution in [-0.2, 0) is 16.1 Å². The fraction of sp³-hybridized carbons (Fsp3) is 0.576. The van der Waals surface area contributed by atoms with Crippen LogP contribution in [0.25, 0.3) is 0 Å². The highest BCUT2D eigenvalue weighted by molar-refractivity contribution is 5.72. The van der Waals surface area contributed by atoms with Crippen LogP contribution < -0.4 is 15.1 Å². The number of anilines is 2. The minimum absolute atomic E-state index is 0.0290. The Labute approximate surface area is 249 Å². The summed E-state index contributed by atoms with van der Waals surface area (Å²) < 4.78 is 11.3. The molecule has 0 spiro atoms. The predicted molar refractivity (Wildman–Crippen MR) is 163 cm³/mol. The van der Waals surface area contributed by atoms with Gasteiger partial charge in [0.2, 0.25) is 0 Å². The summed E-state index contributed by atoms with van der Waals surface area (Å²) in [5, 5.41) is 14.1. The van der Waals surface area contributed by atoms with E-state index in [1.807, 2.05) is 65.0 Å². The Balaban J connectivity index is 1.39. The third-order valence-corrected chi connectivity index (χ3v) is 8.62. The van der Waals surface area contributed by atoms with Gasteiger partial charge in [-0.2, -0.15) is 0 Å². The number of aliphatic hydroxyl groups is 1. The van der Waals surface area contributed by atoms with Crippen molar-refractivity contribution in [3.05, 3.63) is 59.7 Å². The molecule has 1 saturated heterocycles. The number of hydrogen-bond acceptors (Lipinski definition) is 7. The molecule has 2 aliphatic heterocycles. The first-order valence-corrected chi connectivity index (χ1v) is 15.2. The van der Waals surface area contributed by atoms with Crippen LogP contribution in [0.15, 0.2) is 48.5 Å². The highest BCUT2D eigenvalue weighted by atomic mass is 16.6. The van der Waals surface area contributed by atoms with E-state index in [4.69, 9.17) is 9.47 Å². The number of carbonyl (C=O) groups is 2. The Kier molecular flexibility index (Phi) is 8.60. The van der Waals surface area contributed by atoms with Crippen LogP contribution in [0.3, 0.4) is 0 Å². The van der Waals surface area contributed by atoms with Crippen molar-refractivity contribution < 1.29 is 24.2 Å². The maximum absolute atomic E-state index is 13.1. The lowest BCUT2D eigenvalue weighted by atomic mass is 9.79. The summed E-state index contributed by atoms with van der Waals surface area (Å²) >= 11 is 0. The van der Waals surface area contributed by atoms with Gasteiger partial charge in [-0.1, -0.05) is 37.3 Å². The molecule has 2 fully saturated rings. The highest BCUT2D eigenvalue weighted by Crippen LogP contribution is 2.50. The van der Waals surface area contributed by atoms with E-state index in [2.05, 4.69) is 40.2 Å². The molecule has 5 atom stereocenters. The number of amides is 2. The Morgan fingerprint density at radius 1 is 1.07 bits per heavy atom. The van der Waals surface area contributed by atoms with Gasteiger partial charge < -0.3 is 34.6 Å². The van der Waals surface area contributed by atoms with Crippen LogP contribution in [0.1, 0.15) is 71.6 Å². The maximum atomic E-state index is 13.1. The third kappa shape index (κ3) is 6.61. The number of hydrogen-bond donors (Lipinski definition) is 2. The zero-order valence-electron chi connectivity index (χ0n) is 25.7. The van der Waals surface area contributed by atoms with Crippen molar-refractivity contribution in [3.8, 4) is 0 Å². The number of piperazine rings is 1. The summed E-state index contributed by atoms with van der Waals surface area (Å²) in [6.07, 6.45) is 0.844. The minimum Gasteiger partial charge on any atom is -0.445 e. The number of rotatable bonds is 6. The molecule has 2 aromatic rings. The zero-order valence-corrected chi connectivity index (χ0v) is 25.7. The second kappa shape index (κ2) is 12.0. The summed E-state index contributed by atoms with van der Waals surface area (Å²) in [6, 6.07) is 15.8. The molecule has 9 heteroatoms. The van der Waals surface area contributed by atoms with Crippen molar-refractivity contribution in [2.75, 3.05) is 29.4 Å². The van der Waals surface area contributed by atoms with Gasteiger partial charge in [0.25, 0.3) is 0 Å². The highest BCUT2D eigenvalue weighted by Gasteiger charge is 2.48. The second-order valence-corrected chi connectivity index (χ2v) is 13.1. The van der Waals surface area contributed by atoms with Crippen molar-refractivity contribution in [3.63, 3.8) is 0 Å². The molecule has 1 saturated carbocycles. The average molecular weight is 579 g/mol. The molecule has 0 bridgehead atoms. The monoisotopic (exact) mass is 578 g/mol. The molecule has 5 rings (SSSR count). The van der Waals surface area contributed by atoms with Crippen LogP contribution >= 0.6 is 0 Å². The number of nitrogens with one attached hydrogen (secondary N) is 1. The van der Waals surface area contributed by atoms with Crippen LogP contribution in [0.5, 0.6) is 0 Å². The van der Waals surface area contributed by atoms with E-state index < -0.39 is 17.9 Å². The van der Waals surface area contributed by atoms with Crippen molar-refractivity contribution in [1.29, 1.82) is 0 Å². The number of benzene rings is 2. The van der Waals surface area contributed by atoms with Gasteiger partial charge in [-0.25, -0.2) is 9.59 Å². The molecule has 1 aliphatic carbocycles. The fourth-order valence-corrected chi connectivity index (χ4v) is 6.55. The second-order valence-electron chi connectivity index (χ2n) is 13.1. The first-order chi connectivity index (χ1) is 19.9. The molecule has 0 aromatic heterocycles. The number of nitrogens with zero attached hydrogens (tertiary/aromatic N) is 3. The maximum Gasteiger partial charge on any atom is 0.410 e. The van der Waals surface area contributed by atoms with Crippen molar-refractivity contribution >= 4 is 23.6 Å². The van der Waals surface area contributed by atoms with Gasteiger partial charge >= 0.3 is 12.2 Å². The van der Waals surface area contributed by atoms with Crippen molar-refractivity contribution in [2.45, 2.75) is 90.9 Å². The fourth-order valence-electron chi connectivity index (χ4n) is 6.55. The molecule has 0 radical (unpaired) electrons. The van der Waals surface area contributed by atoms with Gasteiger partial charge in [0, 0.05) is 54.6 Å². The number of carbonyl (C=O) groups excluding carboxylic acids is 2. The van der Waals surface area contributed by atoms with Gasteiger partial charge in [-0.15, -0.1) is 0 Å². The predicted octanol–water partition coefficient (Wildman–Crippen LogP) is 5.67. The standard InChI is InChI=1S/C33H46N4O5/c1-21-19-35(16-17-36(21)32(40)42-33(4,5)6)26-14-15-28-27(18-26)29(22(2)30(25-12-13-25)37(28)23(3)38)34-31(39)41-20-24-10-8-7-9-11-24/h7-11,14-15,18,21-23,25,29-30,38H,12-13,16-17,19-20H2,1-6H3,(H,34,39)/t21-,22+,23?,29?,30?/m0/s1. The first-order valence-electron chi connectivity index (χ1n) is 15.2.